The topological polar surface area (TPSA) is 98.1 Å². The molecule has 2 amide bonds. The molecule has 7 nitrogen and oxygen atoms in total. The molecule has 1 unspecified atom stereocenters. The maximum atomic E-state index is 13.2. The van der Waals surface area contributed by atoms with Gasteiger partial charge in [-0.2, -0.15) is 5.26 Å². The van der Waals surface area contributed by atoms with Gasteiger partial charge in [0.15, 0.2) is 0 Å². The summed E-state index contributed by atoms with van der Waals surface area (Å²) in [4.78, 5) is 32.0. The van der Waals surface area contributed by atoms with Gasteiger partial charge in [0.25, 0.3) is 5.91 Å². The van der Waals surface area contributed by atoms with Crippen molar-refractivity contribution in [1.29, 1.82) is 5.26 Å². The first-order valence-electron chi connectivity index (χ1n) is 10.6. The van der Waals surface area contributed by atoms with Crippen molar-refractivity contribution in [2.24, 2.45) is 5.92 Å². The summed E-state index contributed by atoms with van der Waals surface area (Å²) in [6.45, 7) is 1.54. The monoisotopic (exact) mass is 397 g/mol. The van der Waals surface area contributed by atoms with Crippen molar-refractivity contribution in [2.45, 2.75) is 62.9 Å². The normalized spacial score (nSPS) is 21.0. The second kappa shape index (κ2) is 9.84. The highest BCUT2D eigenvalue weighted by molar-refractivity contribution is 5.97. The van der Waals surface area contributed by atoms with E-state index in [0.29, 0.717) is 30.7 Å². The van der Waals surface area contributed by atoms with Crippen molar-refractivity contribution in [3.05, 3.63) is 30.1 Å². The van der Waals surface area contributed by atoms with Crippen LogP contribution in [0.1, 0.15) is 61.7 Å². The first-order chi connectivity index (χ1) is 14.0. The van der Waals surface area contributed by atoms with E-state index in [0.717, 1.165) is 25.9 Å². The number of carbonyl (C=O) groups is 2. The van der Waals surface area contributed by atoms with Gasteiger partial charge in [0.2, 0.25) is 5.91 Å². The predicted octanol–water partition coefficient (Wildman–Crippen LogP) is 2.25. The Labute approximate surface area is 172 Å². The molecule has 29 heavy (non-hydrogen) atoms. The number of aromatic nitrogens is 1. The maximum absolute atomic E-state index is 13.2. The minimum Gasteiger partial charge on any atom is -0.340 e. The van der Waals surface area contributed by atoms with Crippen molar-refractivity contribution in [2.75, 3.05) is 20.1 Å². The van der Waals surface area contributed by atoms with E-state index in [2.05, 4.69) is 26.6 Å². The lowest BCUT2D eigenvalue weighted by Gasteiger charge is -2.37. The number of hydrogen-bond acceptors (Lipinski definition) is 5. The van der Waals surface area contributed by atoms with E-state index in [-0.39, 0.29) is 11.8 Å². The van der Waals surface area contributed by atoms with E-state index in [1.54, 1.807) is 24.5 Å². The smallest absolute Gasteiger partial charge is 0.252 e. The fourth-order valence-corrected chi connectivity index (χ4v) is 4.32. The molecule has 2 N–H and O–H groups in total. The first-order valence-corrected chi connectivity index (χ1v) is 10.6. The standard InChI is InChI=1S/C22H31N5O2/c1-27-13-9-22(16-23,10-14-27)26-21(29)19(15-17-5-3-2-4-6-17)25-20(28)18-7-11-24-12-8-18/h7-8,11-12,17,19H,2-6,9-10,13-15H2,1H3,(H,25,28)(H,26,29). The molecule has 0 bridgehead atoms. The van der Waals surface area contributed by atoms with Crippen molar-refractivity contribution in [1.82, 2.24) is 20.5 Å². The van der Waals surface area contributed by atoms with Gasteiger partial charge in [-0.15, -0.1) is 0 Å². The van der Waals surface area contributed by atoms with Crippen molar-refractivity contribution < 1.29 is 9.59 Å². The molecule has 7 heteroatoms. The Hall–Kier alpha value is -2.46. The van der Waals surface area contributed by atoms with Crippen LogP contribution in [0.15, 0.2) is 24.5 Å². The van der Waals surface area contributed by atoms with E-state index < -0.39 is 11.6 Å². The molecule has 1 aliphatic carbocycles. The summed E-state index contributed by atoms with van der Waals surface area (Å²) in [5, 5.41) is 15.7. The van der Waals surface area contributed by atoms with Gasteiger partial charge in [-0.1, -0.05) is 32.1 Å². The predicted molar refractivity (Wildman–Crippen MR) is 110 cm³/mol. The van der Waals surface area contributed by atoms with Crippen LogP contribution in [0.2, 0.25) is 0 Å². The Morgan fingerprint density at radius 2 is 1.90 bits per heavy atom. The van der Waals surface area contributed by atoms with Gasteiger partial charge in [0.05, 0.1) is 6.07 Å². The molecule has 1 saturated heterocycles. The lowest BCUT2D eigenvalue weighted by atomic mass is 9.84. The molecule has 0 aromatic carbocycles. The van der Waals surface area contributed by atoms with E-state index >= 15 is 0 Å². The highest BCUT2D eigenvalue weighted by atomic mass is 16.2. The fraction of sp³-hybridized carbons (Fsp3) is 0.636. The van der Waals surface area contributed by atoms with Gasteiger partial charge >= 0.3 is 0 Å². The summed E-state index contributed by atoms with van der Waals surface area (Å²) < 4.78 is 0. The molecule has 1 aliphatic heterocycles. The molecule has 1 saturated carbocycles. The van der Waals surface area contributed by atoms with Crippen molar-refractivity contribution in [3.63, 3.8) is 0 Å². The average molecular weight is 398 g/mol. The van der Waals surface area contributed by atoms with Crippen LogP contribution in [-0.4, -0.2) is 53.4 Å². The number of piperidine rings is 1. The number of amides is 2. The van der Waals surface area contributed by atoms with E-state index in [1.807, 2.05) is 7.05 Å². The average Bonchev–Trinajstić information content (AvgIpc) is 2.76. The van der Waals surface area contributed by atoms with Gasteiger partial charge in [-0.25, -0.2) is 0 Å². The third-order valence-corrected chi connectivity index (χ3v) is 6.28. The Morgan fingerprint density at radius 3 is 2.52 bits per heavy atom. The SMILES string of the molecule is CN1CCC(C#N)(NC(=O)C(CC2CCCCC2)NC(=O)c2ccncc2)CC1. The van der Waals surface area contributed by atoms with E-state index in [4.69, 9.17) is 0 Å². The molecule has 0 spiro atoms. The van der Waals surface area contributed by atoms with Crippen LogP contribution in [0.3, 0.4) is 0 Å². The van der Waals surface area contributed by atoms with Crippen LogP contribution >= 0.6 is 0 Å². The Bertz CT molecular complexity index is 731. The van der Waals surface area contributed by atoms with Crippen molar-refractivity contribution >= 4 is 11.8 Å². The minimum absolute atomic E-state index is 0.246. The van der Waals surface area contributed by atoms with Crippen LogP contribution in [0.5, 0.6) is 0 Å². The van der Waals surface area contributed by atoms with Crippen LogP contribution in [0.25, 0.3) is 0 Å². The molecule has 3 rings (SSSR count). The molecule has 156 valence electrons. The fourth-order valence-electron chi connectivity index (χ4n) is 4.32. The molecular weight excluding hydrogens is 366 g/mol. The third kappa shape index (κ3) is 5.77. The number of nitriles is 1. The van der Waals surface area contributed by atoms with Crippen molar-refractivity contribution in [3.8, 4) is 6.07 Å². The second-order valence-corrected chi connectivity index (χ2v) is 8.49. The Morgan fingerprint density at radius 1 is 1.24 bits per heavy atom. The summed E-state index contributed by atoms with van der Waals surface area (Å²) >= 11 is 0. The Kier molecular flexibility index (Phi) is 7.21. The number of pyridine rings is 1. The summed E-state index contributed by atoms with van der Waals surface area (Å²) in [5.74, 6) is -0.102. The molecular formula is C22H31N5O2. The second-order valence-electron chi connectivity index (χ2n) is 8.49. The highest BCUT2D eigenvalue weighted by Crippen LogP contribution is 2.28. The van der Waals surface area contributed by atoms with Gasteiger partial charge in [-0.3, -0.25) is 14.6 Å². The van der Waals surface area contributed by atoms with Crippen LogP contribution in [0.4, 0.5) is 0 Å². The van der Waals surface area contributed by atoms with Gasteiger partial charge < -0.3 is 15.5 Å². The minimum atomic E-state index is -0.851. The largest absolute Gasteiger partial charge is 0.340 e. The molecule has 2 heterocycles. The summed E-state index contributed by atoms with van der Waals surface area (Å²) in [7, 11) is 2.02. The number of nitrogens with zero attached hydrogens (tertiary/aromatic N) is 3. The molecule has 1 aromatic heterocycles. The lowest BCUT2D eigenvalue weighted by molar-refractivity contribution is -0.125. The van der Waals surface area contributed by atoms with Crippen LogP contribution < -0.4 is 10.6 Å². The molecule has 1 atom stereocenters. The van der Waals surface area contributed by atoms with Gasteiger partial charge in [0, 0.05) is 31.0 Å². The zero-order valence-electron chi connectivity index (χ0n) is 17.2. The molecule has 1 aromatic rings. The third-order valence-electron chi connectivity index (χ3n) is 6.28. The highest BCUT2D eigenvalue weighted by Gasteiger charge is 2.38. The lowest BCUT2D eigenvalue weighted by Crippen LogP contribution is -2.58. The number of carbonyl (C=O) groups excluding carboxylic acids is 2. The number of nitrogens with one attached hydrogen (secondary N) is 2. The van der Waals surface area contributed by atoms with Crippen LogP contribution in [-0.2, 0) is 4.79 Å². The van der Waals surface area contributed by atoms with E-state index in [1.165, 1.54) is 19.3 Å². The van der Waals surface area contributed by atoms with Crippen LogP contribution in [0, 0.1) is 17.2 Å². The van der Waals surface area contributed by atoms with Gasteiger partial charge in [-0.05, 0) is 44.4 Å². The summed E-state index contributed by atoms with van der Waals surface area (Å²) in [6, 6.07) is 4.97. The molecule has 2 aliphatic rings. The number of hydrogen-bond donors (Lipinski definition) is 2. The maximum Gasteiger partial charge on any atom is 0.252 e. The first kappa shape index (κ1) is 21.3. The Balaban J connectivity index is 1.71. The molecule has 2 fully saturated rings. The number of likely N-dealkylation sites (tertiary alicyclic amines) is 1. The quantitative estimate of drug-likeness (QED) is 0.767. The summed E-state index contributed by atoms with van der Waals surface area (Å²) in [6.07, 6.45) is 10.7. The molecule has 0 radical (unpaired) electrons. The zero-order valence-corrected chi connectivity index (χ0v) is 17.2. The number of rotatable bonds is 6. The summed E-state index contributed by atoms with van der Waals surface area (Å²) in [5.41, 5.74) is -0.369. The van der Waals surface area contributed by atoms with E-state index in [9.17, 15) is 14.9 Å². The zero-order chi connectivity index (χ0) is 20.7. The van der Waals surface area contributed by atoms with Gasteiger partial charge in [0.1, 0.15) is 11.6 Å².